The Morgan fingerprint density at radius 2 is 2.35 bits per heavy atom. The molecule has 94 valence electrons. The molecule has 0 aliphatic carbocycles. The van der Waals surface area contributed by atoms with E-state index in [-0.39, 0.29) is 5.91 Å². The van der Waals surface area contributed by atoms with Crippen LogP contribution in [0.25, 0.3) is 0 Å². The Hall–Kier alpha value is -0.970. The minimum Gasteiger partial charge on any atom is -0.340 e. The van der Waals surface area contributed by atoms with Crippen LogP contribution in [0.2, 0.25) is 0 Å². The minimum atomic E-state index is 0.251. The third-order valence-electron chi connectivity index (χ3n) is 3.17. The molecule has 0 aromatic carbocycles. The lowest BCUT2D eigenvalue weighted by molar-refractivity contribution is -0.127. The Balaban J connectivity index is 2.03. The van der Waals surface area contributed by atoms with Crippen LogP contribution in [0.3, 0.4) is 0 Å². The second-order valence-corrected chi connectivity index (χ2v) is 5.45. The number of hydrogen-bond acceptors (Lipinski definition) is 3. The maximum absolute atomic E-state index is 11.8. The molecule has 5 heteroatoms. The Labute approximate surface area is 106 Å². The normalized spacial score (nSPS) is 19.9. The molecule has 0 unspecified atom stereocenters. The summed E-state index contributed by atoms with van der Waals surface area (Å²) in [7, 11) is 0. The molecule has 2 rings (SSSR count). The molecule has 4 nitrogen and oxygen atoms in total. The van der Waals surface area contributed by atoms with Gasteiger partial charge < -0.3 is 4.90 Å². The van der Waals surface area contributed by atoms with Crippen molar-refractivity contribution in [2.45, 2.75) is 26.3 Å². The fourth-order valence-corrected chi connectivity index (χ4v) is 2.83. The van der Waals surface area contributed by atoms with Gasteiger partial charge in [0.15, 0.2) is 0 Å². The highest BCUT2D eigenvalue weighted by atomic mass is 32.2. The van der Waals surface area contributed by atoms with Crippen LogP contribution < -0.4 is 0 Å². The van der Waals surface area contributed by atoms with Gasteiger partial charge in [-0.3, -0.25) is 9.48 Å². The van der Waals surface area contributed by atoms with Crippen LogP contribution in [0.15, 0.2) is 6.07 Å². The van der Waals surface area contributed by atoms with Crippen LogP contribution in [0.1, 0.15) is 23.9 Å². The molecule has 0 bridgehead atoms. The van der Waals surface area contributed by atoms with Gasteiger partial charge in [0.2, 0.25) is 5.91 Å². The molecular formula is C12H19N3OS. The molecule has 17 heavy (non-hydrogen) atoms. The van der Waals surface area contributed by atoms with E-state index in [9.17, 15) is 4.79 Å². The summed E-state index contributed by atoms with van der Waals surface area (Å²) in [5.41, 5.74) is 2.24. The molecule has 1 aliphatic heterocycles. The zero-order chi connectivity index (χ0) is 12.4. The molecule has 1 atom stereocenters. The summed E-state index contributed by atoms with van der Waals surface area (Å²) in [6, 6.07) is 2.45. The highest BCUT2D eigenvalue weighted by molar-refractivity contribution is 7.99. The first kappa shape index (κ1) is 12.5. The van der Waals surface area contributed by atoms with Gasteiger partial charge in [-0.1, -0.05) is 0 Å². The lowest BCUT2D eigenvalue weighted by atomic mass is 10.2. The number of rotatable bonds is 3. The van der Waals surface area contributed by atoms with Crippen LogP contribution in [-0.2, 0) is 4.79 Å². The molecule has 0 spiro atoms. The van der Waals surface area contributed by atoms with Crippen molar-refractivity contribution in [2.24, 2.45) is 0 Å². The standard InChI is InChI=1S/C12H19N3OS/c1-9-6-10(2)15(13-9)11-4-5-14(7-11)12(16)8-17-3/h6,11H,4-5,7-8H2,1-3H3/t11-/m1/s1. The Bertz CT molecular complexity index is 416. The first-order chi connectivity index (χ1) is 8.11. The van der Waals surface area contributed by atoms with Crippen molar-refractivity contribution in [3.05, 3.63) is 17.5 Å². The number of aromatic nitrogens is 2. The zero-order valence-corrected chi connectivity index (χ0v) is 11.5. The molecule has 1 saturated heterocycles. The van der Waals surface area contributed by atoms with Gasteiger partial charge in [0, 0.05) is 18.8 Å². The van der Waals surface area contributed by atoms with Gasteiger partial charge >= 0.3 is 0 Å². The summed E-state index contributed by atoms with van der Waals surface area (Å²) >= 11 is 1.59. The second-order valence-electron chi connectivity index (χ2n) is 4.59. The summed E-state index contributed by atoms with van der Waals surface area (Å²) < 4.78 is 2.07. The third kappa shape index (κ3) is 2.65. The number of carbonyl (C=O) groups is 1. The lowest BCUT2D eigenvalue weighted by Crippen LogP contribution is -2.30. The average molecular weight is 253 g/mol. The van der Waals surface area contributed by atoms with Crippen molar-refractivity contribution < 1.29 is 4.79 Å². The van der Waals surface area contributed by atoms with E-state index in [4.69, 9.17) is 0 Å². The first-order valence-corrected chi connectivity index (χ1v) is 7.30. The van der Waals surface area contributed by atoms with E-state index in [0.717, 1.165) is 25.2 Å². The van der Waals surface area contributed by atoms with E-state index in [1.54, 1.807) is 11.8 Å². The van der Waals surface area contributed by atoms with Gasteiger partial charge in [0.1, 0.15) is 0 Å². The Kier molecular flexibility index (Phi) is 3.76. The highest BCUT2D eigenvalue weighted by Crippen LogP contribution is 2.23. The van der Waals surface area contributed by atoms with Gasteiger partial charge in [-0.05, 0) is 32.6 Å². The van der Waals surface area contributed by atoms with Crippen molar-refractivity contribution in [2.75, 3.05) is 25.1 Å². The average Bonchev–Trinajstić information content (AvgIpc) is 2.85. The van der Waals surface area contributed by atoms with E-state index >= 15 is 0 Å². The topological polar surface area (TPSA) is 38.1 Å². The van der Waals surface area contributed by atoms with Crippen molar-refractivity contribution in [3.8, 4) is 0 Å². The van der Waals surface area contributed by atoms with Crippen LogP contribution in [0.5, 0.6) is 0 Å². The third-order valence-corrected chi connectivity index (χ3v) is 3.71. The van der Waals surface area contributed by atoms with Crippen LogP contribution in [0.4, 0.5) is 0 Å². The number of hydrogen-bond donors (Lipinski definition) is 0. The van der Waals surface area contributed by atoms with Crippen LogP contribution in [0, 0.1) is 13.8 Å². The SMILES string of the molecule is CSCC(=O)N1CC[C@@H](n2nc(C)cc2C)C1. The number of nitrogens with zero attached hydrogens (tertiary/aromatic N) is 3. The quantitative estimate of drug-likeness (QED) is 0.822. The minimum absolute atomic E-state index is 0.251. The maximum atomic E-state index is 11.8. The molecule has 2 heterocycles. The summed E-state index contributed by atoms with van der Waals surface area (Å²) in [6.45, 7) is 5.76. The summed E-state index contributed by atoms with van der Waals surface area (Å²) in [5, 5.41) is 4.51. The monoisotopic (exact) mass is 253 g/mol. The number of aryl methyl sites for hydroxylation is 2. The molecule has 1 fully saturated rings. The van der Waals surface area contributed by atoms with E-state index < -0.39 is 0 Å². The van der Waals surface area contributed by atoms with E-state index in [0.29, 0.717) is 11.8 Å². The number of thioether (sulfide) groups is 1. The fraction of sp³-hybridized carbons (Fsp3) is 0.667. The van der Waals surface area contributed by atoms with Crippen molar-refractivity contribution in [1.82, 2.24) is 14.7 Å². The zero-order valence-electron chi connectivity index (χ0n) is 10.6. The molecule has 0 N–H and O–H groups in total. The maximum Gasteiger partial charge on any atom is 0.232 e. The summed E-state index contributed by atoms with van der Waals surface area (Å²) in [6.07, 6.45) is 2.98. The smallest absolute Gasteiger partial charge is 0.232 e. The number of carbonyl (C=O) groups excluding carboxylic acids is 1. The van der Waals surface area contributed by atoms with Gasteiger partial charge in [0.25, 0.3) is 0 Å². The summed E-state index contributed by atoms with van der Waals surface area (Å²) in [5.74, 6) is 0.839. The molecule has 1 aliphatic rings. The van der Waals surface area contributed by atoms with Gasteiger partial charge in [0.05, 0.1) is 17.5 Å². The van der Waals surface area contributed by atoms with Crippen molar-refractivity contribution in [1.29, 1.82) is 0 Å². The van der Waals surface area contributed by atoms with Gasteiger partial charge in [-0.25, -0.2) is 0 Å². The Morgan fingerprint density at radius 1 is 1.59 bits per heavy atom. The van der Waals surface area contributed by atoms with Crippen molar-refractivity contribution >= 4 is 17.7 Å². The molecule has 1 aromatic heterocycles. The predicted molar refractivity (Wildman–Crippen MR) is 70.3 cm³/mol. The van der Waals surface area contributed by atoms with Crippen LogP contribution in [-0.4, -0.2) is 45.7 Å². The Morgan fingerprint density at radius 3 is 2.94 bits per heavy atom. The first-order valence-electron chi connectivity index (χ1n) is 5.91. The summed E-state index contributed by atoms with van der Waals surface area (Å²) in [4.78, 5) is 13.7. The molecule has 1 amide bonds. The largest absolute Gasteiger partial charge is 0.340 e. The van der Waals surface area contributed by atoms with E-state index in [1.165, 1.54) is 5.69 Å². The highest BCUT2D eigenvalue weighted by Gasteiger charge is 2.28. The van der Waals surface area contributed by atoms with Gasteiger partial charge in [-0.15, -0.1) is 0 Å². The molecule has 0 saturated carbocycles. The molecule has 1 aromatic rings. The van der Waals surface area contributed by atoms with Crippen molar-refractivity contribution in [3.63, 3.8) is 0 Å². The molecule has 0 radical (unpaired) electrons. The van der Waals surface area contributed by atoms with E-state index in [2.05, 4.69) is 22.8 Å². The predicted octanol–water partition coefficient (Wildman–Crippen LogP) is 1.64. The number of likely N-dealkylation sites (tertiary alicyclic amines) is 1. The van der Waals surface area contributed by atoms with Crippen LogP contribution >= 0.6 is 11.8 Å². The van der Waals surface area contributed by atoms with Gasteiger partial charge in [-0.2, -0.15) is 16.9 Å². The fourth-order valence-electron chi connectivity index (χ4n) is 2.40. The second kappa shape index (κ2) is 5.12. The lowest BCUT2D eigenvalue weighted by Gasteiger charge is -2.16. The number of amides is 1. The van der Waals surface area contributed by atoms with E-state index in [1.807, 2.05) is 18.1 Å². The molecular weight excluding hydrogens is 234 g/mol.